The van der Waals surface area contributed by atoms with Gasteiger partial charge in [0.1, 0.15) is 12.2 Å². The van der Waals surface area contributed by atoms with Gasteiger partial charge in [-0.1, -0.05) is 20.3 Å². The maximum atomic E-state index is 5.46. The maximum absolute atomic E-state index is 5.46. The normalized spacial score (nSPS) is 32.3. The Morgan fingerprint density at radius 1 is 1.36 bits per heavy atom. The summed E-state index contributed by atoms with van der Waals surface area (Å²) in [7, 11) is 3.42. The average molecular weight is 197 g/mol. The molecule has 1 saturated heterocycles. The largest absolute Gasteiger partial charge is 0.377 e. The van der Waals surface area contributed by atoms with Crippen molar-refractivity contribution in [3.63, 3.8) is 0 Å². The van der Waals surface area contributed by atoms with Crippen LogP contribution in [0.5, 0.6) is 0 Å². The van der Waals surface area contributed by atoms with Crippen molar-refractivity contribution in [1.29, 1.82) is 0 Å². The van der Waals surface area contributed by atoms with Gasteiger partial charge in [0.15, 0.2) is 0 Å². The number of ether oxygens (including phenoxy) is 2. The van der Waals surface area contributed by atoms with Crippen LogP contribution in [0.1, 0.15) is 13.8 Å². The van der Waals surface area contributed by atoms with E-state index in [4.69, 9.17) is 15.9 Å². The van der Waals surface area contributed by atoms with Gasteiger partial charge in [-0.25, -0.2) is 0 Å². The summed E-state index contributed by atoms with van der Waals surface area (Å²) < 4.78 is 10.8. The van der Waals surface area contributed by atoms with Gasteiger partial charge in [-0.15, -0.1) is 0 Å². The molecule has 3 nitrogen and oxygen atoms in total. The van der Waals surface area contributed by atoms with Crippen LogP contribution in [0.4, 0.5) is 0 Å². The Hall–Kier alpha value is -0.720. The number of methoxy groups -OCH3 is 2. The fraction of sp³-hybridized carbons (Fsp3) is 0.818. The third-order valence-electron chi connectivity index (χ3n) is 2.86. The molecule has 80 valence electrons. The zero-order chi connectivity index (χ0) is 10.7. The van der Waals surface area contributed by atoms with E-state index in [0.29, 0.717) is 5.92 Å². The van der Waals surface area contributed by atoms with Crippen LogP contribution in [0.25, 0.3) is 0 Å². The lowest BCUT2D eigenvalue weighted by molar-refractivity contribution is -0.0251. The number of hydrogen-bond acceptors (Lipinski definition) is 3. The summed E-state index contributed by atoms with van der Waals surface area (Å²) in [6, 6.07) is 2.96. The van der Waals surface area contributed by atoms with Gasteiger partial charge in [0, 0.05) is 20.3 Å². The molecule has 0 aromatic carbocycles. The van der Waals surface area contributed by atoms with E-state index < -0.39 is 0 Å². The Kier molecular flexibility index (Phi) is 3.79. The quantitative estimate of drug-likeness (QED) is 0.629. The van der Waals surface area contributed by atoms with Crippen LogP contribution in [0.3, 0.4) is 0 Å². The molecule has 0 N–H and O–H groups in total. The second-order valence-corrected chi connectivity index (χ2v) is 3.99. The smallest absolute Gasteiger partial charge is 0.106 e. The SMILES string of the molecule is C#CN1CC(OC)C(OC)C1C(C)C. The topological polar surface area (TPSA) is 21.7 Å². The highest BCUT2D eigenvalue weighted by molar-refractivity contribution is 5.04. The predicted octanol–water partition coefficient (Wildman–Crippen LogP) is 0.947. The summed E-state index contributed by atoms with van der Waals surface area (Å²) in [5.74, 6) is 0.469. The molecule has 1 aliphatic heterocycles. The van der Waals surface area contributed by atoms with Crippen LogP contribution in [0, 0.1) is 18.4 Å². The van der Waals surface area contributed by atoms with Crippen molar-refractivity contribution in [2.75, 3.05) is 20.8 Å². The van der Waals surface area contributed by atoms with Gasteiger partial charge in [-0.05, 0) is 5.92 Å². The molecule has 0 spiro atoms. The standard InChI is InChI=1S/C11H19NO2/c1-6-12-7-9(13-4)11(14-5)10(12)8(2)3/h1,8-11H,7H2,2-5H3. The predicted molar refractivity (Wildman–Crippen MR) is 55.8 cm³/mol. The number of hydrogen-bond donors (Lipinski definition) is 0. The van der Waals surface area contributed by atoms with Crippen molar-refractivity contribution in [2.24, 2.45) is 5.92 Å². The van der Waals surface area contributed by atoms with Crippen LogP contribution < -0.4 is 0 Å². The molecule has 1 rings (SSSR count). The molecular formula is C11H19NO2. The van der Waals surface area contributed by atoms with Crippen LogP contribution in [-0.4, -0.2) is 43.9 Å². The first-order valence-corrected chi connectivity index (χ1v) is 4.94. The molecule has 0 bridgehead atoms. The molecule has 0 aliphatic carbocycles. The summed E-state index contributed by atoms with van der Waals surface area (Å²) >= 11 is 0. The molecule has 0 amide bonds. The van der Waals surface area contributed by atoms with Gasteiger partial charge in [-0.3, -0.25) is 0 Å². The van der Waals surface area contributed by atoms with E-state index in [-0.39, 0.29) is 18.2 Å². The van der Waals surface area contributed by atoms with Crippen molar-refractivity contribution in [3.05, 3.63) is 0 Å². The lowest BCUT2D eigenvalue weighted by Crippen LogP contribution is -2.39. The Balaban J connectivity index is 2.81. The van der Waals surface area contributed by atoms with Crippen LogP contribution in [0.2, 0.25) is 0 Å². The minimum Gasteiger partial charge on any atom is -0.377 e. The second kappa shape index (κ2) is 4.68. The summed E-state index contributed by atoms with van der Waals surface area (Å²) in [4.78, 5) is 1.98. The number of terminal acetylenes is 1. The van der Waals surface area contributed by atoms with Crippen molar-refractivity contribution < 1.29 is 9.47 Å². The molecule has 3 unspecified atom stereocenters. The van der Waals surface area contributed by atoms with Crippen LogP contribution in [0.15, 0.2) is 0 Å². The van der Waals surface area contributed by atoms with Gasteiger partial charge in [0.25, 0.3) is 0 Å². The van der Waals surface area contributed by atoms with Gasteiger partial charge in [0.05, 0.1) is 12.6 Å². The van der Waals surface area contributed by atoms with Gasteiger partial charge in [-0.2, -0.15) is 0 Å². The van der Waals surface area contributed by atoms with Crippen molar-refractivity contribution >= 4 is 0 Å². The molecule has 0 aromatic rings. The van der Waals surface area contributed by atoms with Crippen molar-refractivity contribution in [1.82, 2.24) is 4.90 Å². The Labute approximate surface area is 86.4 Å². The monoisotopic (exact) mass is 197 g/mol. The molecule has 14 heavy (non-hydrogen) atoms. The first-order chi connectivity index (χ1) is 6.65. The highest BCUT2D eigenvalue weighted by Gasteiger charge is 2.42. The average Bonchev–Trinajstić information content (AvgIpc) is 2.54. The molecule has 1 aliphatic rings. The zero-order valence-electron chi connectivity index (χ0n) is 9.36. The third-order valence-corrected chi connectivity index (χ3v) is 2.86. The second-order valence-electron chi connectivity index (χ2n) is 3.99. The molecule has 3 atom stereocenters. The minimum atomic E-state index is 0.0797. The van der Waals surface area contributed by atoms with E-state index in [9.17, 15) is 0 Å². The summed E-state index contributed by atoms with van der Waals surface area (Å²) in [5, 5.41) is 0. The summed E-state index contributed by atoms with van der Waals surface area (Å²) in [5.41, 5.74) is 0. The number of rotatable bonds is 3. The molecule has 0 saturated carbocycles. The van der Waals surface area contributed by atoms with E-state index in [1.54, 1.807) is 14.2 Å². The fourth-order valence-electron chi connectivity index (χ4n) is 2.19. The molecule has 1 fully saturated rings. The molecular weight excluding hydrogens is 178 g/mol. The van der Waals surface area contributed by atoms with E-state index in [1.165, 1.54) is 0 Å². The van der Waals surface area contributed by atoms with Gasteiger partial charge < -0.3 is 14.4 Å². The number of nitrogens with zero attached hydrogens (tertiary/aromatic N) is 1. The first-order valence-electron chi connectivity index (χ1n) is 4.94. The van der Waals surface area contributed by atoms with E-state index >= 15 is 0 Å². The van der Waals surface area contributed by atoms with Crippen LogP contribution >= 0.6 is 0 Å². The lowest BCUT2D eigenvalue weighted by atomic mass is 9.98. The Bertz CT molecular complexity index is 222. The summed E-state index contributed by atoms with van der Waals surface area (Å²) in [6.07, 6.45) is 5.63. The van der Waals surface area contributed by atoms with Gasteiger partial charge in [0.2, 0.25) is 0 Å². The van der Waals surface area contributed by atoms with E-state index in [0.717, 1.165) is 6.54 Å². The minimum absolute atomic E-state index is 0.0797. The number of likely N-dealkylation sites (tertiary alicyclic amines) is 1. The molecule has 0 aromatic heterocycles. The lowest BCUT2D eigenvalue weighted by Gasteiger charge is -2.27. The highest BCUT2D eigenvalue weighted by Crippen LogP contribution is 2.27. The van der Waals surface area contributed by atoms with Gasteiger partial charge >= 0.3 is 0 Å². The third kappa shape index (κ3) is 1.87. The molecule has 3 heteroatoms. The van der Waals surface area contributed by atoms with E-state index in [1.807, 2.05) is 4.90 Å². The Morgan fingerprint density at radius 2 is 2.00 bits per heavy atom. The molecule has 1 heterocycles. The van der Waals surface area contributed by atoms with E-state index in [2.05, 4.69) is 19.9 Å². The summed E-state index contributed by atoms with van der Waals surface area (Å²) in [6.45, 7) is 5.06. The zero-order valence-corrected chi connectivity index (χ0v) is 9.36. The first kappa shape index (κ1) is 11.4. The maximum Gasteiger partial charge on any atom is 0.106 e. The Morgan fingerprint density at radius 3 is 2.36 bits per heavy atom. The highest BCUT2D eigenvalue weighted by atomic mass is 16.5. The van der Waals surface area contributed by atoms with Crippen molar-refractivity contribution in [3.8, 4) is 12.5 Å². The fourth-order valence-corrected chi connectivity index (χ4v) is 2.19. The van der Waals surface area contributed by atoms with Crippen molar-refractivity contribution in [2.45, 2.75) is 32.1 Å². The van der Waals surface area contributed by atoms with Crippen LogP contribution in [-0.2, 0) is 9.47 Å². The molecule has 0 radical (unpaired) electrons.